The van der Waals surface area contributed by atoms with Crippen LogP contribution in [0.1, 0.15) is 49.4 Å². The second-order valence-corrected chi connectivity index (χ2v) is 8.23. The molecule has 1 aromatic carbocycles. The number of carbonyl (C=O) groups excluding carboxylic acids is 2. The van der Waals surface area contributed by atoms with E-state index in [2.05, 4.69) is 12.4 Å². The Hall–Kier alpha value is -2.18. The fourth-order valence-electron chi connectivity index (χ4n) is 3.85. The number of benzene rings is 1. The van der Waals surface area contributed by atoms with Crippen molar-refractivity contribution in [2.45, 2.75) is 45.1 Å². The summed E-state index contributed by atoms with van der Waals surface area (Å²) < 4.78 is 5.26. The first-order valence-corrected chi connectivity index (χ1v) is 10.9. The van der Waals surface area contributed by atoms with Crippen LogP contribution in [0.3, 0.4) is 0 Å². The fraction of sp³-hybridized carbons (Fsp3) is 0.455. The van der Waals surface area contributed by atoms with Crippen molar-refractivity contribution in [1.29, 1.82) is 0 Å². The van der Waals surface area contributed by atoms with Crippen LogP contribution in [-0.4, -0.2) is 38.1 Å². The van der Waals surface area contributed by atoms with Crippen molar-refractivity contribution >= 4 is 28.2 Å². The van der Waals surface area contributed by atoms with Crippen molar-refractivity contribution in [3.63, 3.8) is 0 Å². The molecule has 1 amide bonds. The van der Waals surface area contributed by atoms with Gasteiger partial charge in [0.25, 0.3) is 5.91 Å². The smallest absolute Gasteiger partial charge is 0.341 e. The van der Waals surface area contributed by atoms with Crippen LogP contribution in [0.25, 0.3) is 11.1 Å². The number of hydrogen-bond acceptors (Lipinski definition) is 4. The van der Waals surface area contributed by atoms with Gasteiger partial charge in [0, 0.05) is 10.9 Å². The highest BCUT2D eigenvalue weighted by molar-refractivity contribution is 7.15. The largest absolute Gasteiger partial charge is 0.462 e. The maximum absolute atomic E-state index is 12.7. The molecule has 1 unspecified atom stereocenters. The first-order valence-electron chi connectivity index (χ1n) is 10.1. The Morgan fingerprint density at radius 1 is 1.18 bits per heavy atom. The topological polar surface area (TPSA) is 59.8 Å². The Kier molecular flexibility index (Phi) is 7.23. The second-order valence-electron chi connectivity index (χ2n) is 7.35. The van der Waals surface area contributed by atoms with E-state index in [1.54, 1.807) is 6.92 Å². The SMILES string of the molecule is CCOC(=O)c1c(-c2ccccc2)csc1NC(=O)C[NH+](C)C1CCCCC1. The summed E-state index contributed by atoms with van der Waals surface area (Å²) in [7, 11) is 2.09. The number of quaternary nitrogens is 1. The number of rotatable bonds is 7. The Balaban J connectivity index is 1.76. The van der Waals surface area contributed by atoms with Crippen molar-refractivity contribution in [1.82, 2.24) is 0 Å². The Bertz CT molecular complexity index is 797. The maximum atomic E-state index is 12.7. The molecule has 0 spiro atoms. The molecule has 2 aromatic rings. The summed E-state index contributed by atoms with van der Waals surface area (Å²) in [6, 6.07) is 10.3. The second kappa shape index (κ2) is 9.85. The van der Waals surface area contributed by atoms with Crippen LogP contribution in [0.15, 0.2) is 35.7 Å². The van der Waals surface area contributed by atoms with E-state index in [1.165, 1.54) is 48.3 Å². The third-order valence-corrected chi connectivity index (χ3v) is 6.25. The lowest BCUT2D eigenvalue weighted by Crippen LogP contribution is -3.14. The van der Waals surface area contributed by atoms with E-state index in [4.69, 9.17) is 4.74 Å². The summed E-state index contributed by atoms with van der Waals surface area (Å²) in [5, 5.41) is 5.45. The summed E-state index contributed by atoms with van der Waals surface area (Å²) in [6.45, 7) is 2.49. The molecule has 2 N–H and O–H groups in total. The first kappa shape index (κ1) is 20.6. The van der Waals surface area contributed by atoms with Crippen molar-refractivity contribution in [3.8, 4) is 11.1 Å². The van der Waals surface area contributed by atoms with E-state index in [0.29, 0.717) is 29.8 Å². The molecule has 1 fully saturated rings. The van der Waals surface area contributed by atoms with Gasteiger partial charge in [-0.05, 0) is 38.2 Å². The predicted molar refractivity (Wildman–Crippen MR) is 113 cm³/mol. The number of hydrogen-bond donors (Lipinski definition) is 2. The van der Waals surface area contributed by atoms with Crippen molar-refractivity contribution in [2.24, 2.45) is 0 Å². The zero-order valence-electron chi connectivity index (χ0n) is 16.6. The minimum absolute atomic E-state index is 0.0601. The summed E-state index contributed by atoms with van der Waals surface area (Å²) in [4.78, 5) is 26.5. The predicted octanol–water partition coefficient (Wildman–Crippen LogP) is 3.38. The van der Waals surface area contributed by atoms with Crippen LogP contribution in [0, 0.1) is 0 Å². The lowest BCUT2D eigenvalue weighted by molar-refractivity contribution is -0.899. The standard InChI is InChI=1S/C22H28N2O3S/c1-3-27-22(26)20-18(16-10-6-4-7-11-16)15-28-21(20)23-19(25)14-24(2)17-12-8-5-9-13-17/h4,6-7,10-11,15,17H,3,5,8-9,12-14H2,1-2H3,(H,23,25)/p+1. The van der Waals surface area contributed by atoms with Gasteiger partial charge in [0.1, 0.15) is 10.6 Å². The molecule has 1 aliphatic rings. The number of likely N-dealkylation sites (N-methyl/N-ethyl adjacent to an activating group) is 1. The first-order chi connectivity index (χ1) is 13.6. The fourth-order valence-corrected chi connectivity index (χ4v) is 4.82. The summed E-state index contributed by atoms with van der Waals surface area (Å²) in [6.07, 6.45) is 6.18. The number of amides is 1. The molecule has 1 aromatic heterocycles. The molecular formula is C22H29N2O3S+. The molecule has 150 valence electrons. The van der Waals surface area contributed by atoms with Gasteiger partial charge >= 0.3 is 5.97 Å². The molecule has 0 saturated heterocycles. The molecule has 1 saturated carbocycles. The molecule has 0 radical (unpaired) electrons. The lowest BCUT2D eigenvalue weighted by atomic mass is 9.94. The van der Waals surface area contributed by atoms with Gasteiger partial charge in [-0.3, -0.25) is 4.79 Å². The van der Waals surface area contributed by atoms with E-state index in [0.717, 1.165) is 11.1 Å². The monoisotopic (exact) mass is 401 g/mol. The summed E-state index contributed by atoms with van der Waals surface area (Å²) in [5.41, 5.74) is 2.18. The van der Waals surface area contributed by atoms with Crippen molar-refractivity contribution in [2.75, 3.05) is 25.5 Å². The molecule has 0 aliphatic heterocycles. The molecule has 1 aliphatic carbocycles. The highest BCUT2D eigenvalue weighted by Crippen LogP contribution is 2.36. The van der Waals surface area contributed by atoms with E-state index in [1.807, 2.05) is 35.7 Å². The quantitative estimate of drug-likeness (QED) is 0.700. The Morgan fingerprint density at radius 3 is 2.57 bits per heavy atom. The summed E-state index contributed by atoms with van der Waals surface area (Å²) in [5.74, 6) is -0.457. The van der Waals surface area contributed by atoms with Gasteiger partial charge in [-0.2, -0.15) is 0 Å². The van der Waals surface area contributed by atoms with Crippen LogP contribution in [0.5, 0.6) is 0 Å². The van der Waals surface area contributed by atoms with E-state index < -0.39 is 5.97 Å². The van der Waals surface area contributed by atoms with Gasteiger partial charge in [0.15, 0.2) is 6.54 Å². The van der Waals surface area contributed by atoms with E-state index >= 15 is 0 Å². The van der Waals surface area contributed by atoms with Gasteiger partial charge in [-0.1, -0.05) is 36.8 Å². The molecule has 28 heavy (non-hydrogen) atoms. The van der Waals surface area contributed by atoms with Gasteiger partial charge in [0.05, 0.1) is 19.7 Å². The average molecular weight is 402 g/mol. The molecular weight excluding hydrogens is 372 g/mol. The highest BCUT2D eigenvalue weighted by Gasteiger charge is 2.26. The zero-order valence-corrected chi connectivity index (χ0v) is 17.4. The molecule has 1 heterocycles. The maximum Gasteiger partial charge on any atom is 0.341 e. The molecule has 0 bridgehead atoms. The van der Waals surface area contributed by atoms with Crippen LogP contribution < -0.4 is 10.2 Å². The Labute approximate surface area is 170 Å². The van der Waals surface area contributed by atoms with Gasteiger partial charge in [0.2, 0.25) is 0 Å². The van der Waals surface area contributed by atoms with Gasteiger partial charge in [-0.25, -0.2) is 4.79 Å². The number of carbonyl (C=O) groups is 2. The molecule has 6 heteroatoms. The summed E-state index contributed by atoms with van der Waals surface area (Å²) >= 11 is 1.37. The zero-order chi connectivity index (χ0) is 19.9. The van der Waals surface area contributed by atoms with Crippen LogP contribution >= 0.6 is 11.3 Å². The molecule has 3 rings (SSSR count). The van der Waals surface area contributed by atoms with Crippen molar-refractivity contribution in [3.05, 3.63) is 41.3 Å². The number of anilines is 1. The molecule has 1 atom stereocenters. The Morgan fingerprint density at radius 2 is 1.89 bits per heavy atom. The van der Waals surface area contributed by atoms with Gasteiger partial charge in [-0.15, -0.1) is 11.3 Å². The lowest BCUT2D eigenvalue weighted by Gasteiger charge is -2.27. The molecule has 5 nitrogen and oxygen atoms in total. The third-order valence-electron chi connectivity index (χ3n) is 5.35. The minimum atomic E-state index is -0.397. The van der Waals surface area contributed by atoms with Crippen LogP contribution in [0.4, 0.5) is 5.00 Å². The van der Waals surface area contributed by atoms with E-state index in [9.17, 15) is 9.59 Å². The number of nitrogens with one attached hydrogen (secondary N) is 2. The number of thiophene rings is 1. The van der Waals surface area contributed by atoms with E-state index in [-0.39, 0.29) is 5.91 Å². The highest BCUT2D eigenvalue weighted by atomic mass is 32.1. The number of ether oxygens (including phenoxy) is 1. The van der Waals surface area contributed by atoms with Crippen molar-refractivity contribution < 1.29 is 19.2 Å². The van der Waals surface area contributed by atoms with Crippen LogP contribution in [0.2, 0.25) is 0 Å². The minimum Gasteiger partial charge on any atom is -0.462 e. The van der Waals surface area contributed by atoms with Crippen LogP contribution in [-0.2, 0) is 9.53 Å². The number of esters is 1. The normalized spacial score (nSPS) is 15.8. The third kappa shape index (κ3) is 5.00. The average Bonchev–Trinajstić information content (AvgIpc) is 3.13. The van der Waals surface area contributed by atoms with Gasteiger partial charge < -0.3 is 15.0 Å².